The lowest BCUT2D eigenvalue weighted by molar-refractivity contribution is -0.182. The number of piperidine rings is 1. The number of fused-ring (bicyclic) bond motifs is 2. The molecule has 0 saturated carbocycles. The molecule has 3 heterocycles. The molecule has 6 rings (SSSR count). The SMILES string of the molecule is CC1(C)CC(Oc2ccc(Cl)cc2[C@@H]2NCC[C@@H](c3cccc(Cl)c3)[C@]23C=Nc2cc(Cl)ccc23)CC(C)(C)O1. The third kappa shape index (κ3) is 5.18. The molecule has 0 unspecified atom stereocenters. The highest BCUT2D eigenvalue weighted by molar-refractivity contribution is 6.31. The highest BCUT2D eigenvalue weighted by atomic mass is 35.5. The molecular formula is C33H35Cl3N2O2. The second-order valence-corrected chi connectivity index (χ2v) is 13.9. The highest BCUT2D eigenvalue weighted by Gasteiger charge is 2.53. The Bertz CT molecular complexity index is 1450. The first-order chi connectivity index (χ1) is 19.0. The van der Waals surface area contributed by atoms with Crippen molar-refractivity contribution in [3.05, 3.63) is 92.4 Å². The van der Waals surface area contributed by atoms with Crippen molar-refractivity contribution < 1.29 is 9.47 Å². The summed E-state index contributed by atoms with van der Waals surface area (Å²) in [5, 5.41) is 5.92. The molecule has 3 aromatic rings. The predicted molar refractivity (Wildman–Crippen MR) is 165 cm³/mol. The van der Waals surface area contributed by atoms with Gasteiger partial charge in [0.25, 0.3) is 0 Å². The van der Waals surface area contributed by atoms with Gasteiger partial charge in [-0.05, 0) is 94.3 Å². The second-order valence-electron chi connectivity index (χ2n) is 12.6. The molecule has 7 heteroatoms. The number of rotatable bonds is 4. The van der Waals surface area contributed by atoms with Crippen LogP contribution >= 0.6 is 34.8 Å². The Labute approximate surface area is 252 Å². The number of nitrogens with one attached hydrogen (secondary N) is 1. The molecule has 3 aliphatic rings. The van der Waals surface area contributed by atoms with Crippen molar-refractivity contribution in [1.29, 1.82) is 0 Å². The maximum Gasteiger partial charge on any atom is 0.124 e. The lowest BCUT2D eigenvalue weighted by Gasteiger charge is -2.48. The maximum absolute atomic E-state index is 6.87. The topological polar surface area (TPSA) is 42.8 Å². The summed E-state index contributed by atoms with van der Waals surface area (Å²) in [5.41, 5.74) is 3.18. The normalized spacial score (nSPS) is 27.1. The monoisotopic (exact) mass is 596 g/mol. The van der Waals surface area contributed by atoms with E-state index in [1.54, 1.807) is 0 Å². The van der Waals surface area contributed by atoms with Gasteiger partial charge in [-0.3, -0.25) is 4.99 Å². The summed E-state index contributed by atoms with van der Waals surface area (Å²) in [5.74, 6) is 0.957. The summed E-state index contributed by atoms with van der Waals surface area (Å²) in [6.45, 7) is 9.37. The van der Waals surface area contributed by atoms with Crippen LogP contribution in [0.5, 0.6) is 5.75 Å². The first kappa shape index (κ1) is 28.1. The molecule has 3 aromatic carbocycles. The Morgan fingerprint density at radius 3 is 2.33 bits per heavy atom. The summed E-state index contributed by atoms with van der Waals surface area (Å²) >= 11 is 19.6. The quantitative estimate of drug-likeness (QED) is 0.326. The fourth-order valence-corrected chi connectivity index (χ4v) is 7.91. The van der Waals surface area contributed by atoms with Crippen LogP contribution in [0.4, 0.5) is 5.69 Å². The first-order valence-electron chi connectivity index (χ1n) is 14.0. The third-order valence-corrected chi connectivity index (χ3v) is 9.20. The smallest absolute Gasteiger partial charge is 0.124 e. The van der Waals surface area contributed by atoms with Crippen LogP contribution in [0.2, 0.25) is 15.1 Å². The lowest BCUT2D eigenvalue weighted by Crippen LogP contribution is -2.52. The fourth-order valence-electron chi connectivity index (χ4n) is 7.36. The van der Waals surface area contributed by atoms with Crippen molar-refractivity contribution in [3.63, 3.8) is 0 Å². The van der Waals surface area contributed by atoms with E-state index in [1.165, 1.54) is 5.56 Å². The van der Waals surface area contributed by atoms with E-state index in [1.807, 2.05) is 42.5 Å². The largest absolute Gasteiger partial charge is 0.490 e. The summed E-state index contributed by atoms with van der Waals surface area (Å²) in [6.07, 6.45) is 4.64. The van der Waals surface area contributed by atoms with E-state index in [4.69, 9.17) is 49.3 Å². The van der Waals surface area contributed by atoms with E-state index in [-0.39, 0.29) is 29.3 Å². The molecule has 1 spiro atoms. The van der Waals surface area contributed by atoms with Gasteiger partial charge in [0, 0.05) is 45.6 Å². The van der Waals surface area contributed by atoms with Crippen LogP contribution < -0.4 is 10.1 Å². The molecule has 0 amide bonds. The molecule has 3 atom stereocenters. The number of hydrogen-bond acceptors (Lipinski definition) is 4. The molecule has 0 bridgehead atoms. The van der Waals surface area contributed by atoms with E-state index in [2.05, 4.69) is 57.4 Å². The van der Waals surface area contributed by atoms with Crippen LogP contribution in [-0.4, -0.2) is 30.1 Å². The van der Waals surface area contributed by atoms with Gasteiger partial charge in [0.15, 0.2) is 0 Å². The predicted octanol–water partition coefficient (Wildman–Crippen LogP) is 9.23. The zero-order chi connectivity index (χ0) is 28.3. The molecule has 40 heavy (non-hydrogen) atoms. The van der Waals surface area contributed by atoms with Gasteiger partial charge in [0.1, 0.15) is 11.9 Å². The van der Waals surface area contributed by atoms with Crippen molar-refractivity contribution in [1.82, 2.24) is 5.32 Å². The number of halogens is 3. The Balaban J connectivity index is 1.48. The van der Waals surface area contributed by atoms with Gasteiger partial charge in [-0.2, -0.15) is 0 Å². The average Bonchev–Trinajstić information content (AvgIpc) is 3.21. The van der Waals surface area contributed by atoms with Crippen molar-refractivity contribution in [3.8, 4) is 5.75 Å². The van der Waals surface area contributed by atoms with E-state index < -0.39 is 5.41 Å². The van der Waals surface area contributed by atoms with Crippen LogP contribution in [0, 0.1) is 0 Å². The van der Waals surface area contributed by atoms with Crippen LogP contribution in [-0.2, 0) is 10.2 Å². The molecule has 0 aliphatic carbocycles. The molecule has 2 fully saturated rings. The van der Waals surface area contributed by atoms with Crippen molar-refractivity contribution >= 4 is 46.7 Å². The summed E-state index contributed by atoms with van der Waals surface area (Å²) < 4.78 is 13.2. The van der Waals surface area contributed by atoms with Crippen LogP contribution in [0.1, 0.15) is 75.6 Å². The lowest BCUT2D eigenvalue weighted by atomic mass is 9.60. The van der Waals surface area contributed by atoms with E-state index in [0.29, 0.717) is 10.0 Å². The van der Waals surface area contributed by atoms with Crippen LogP contribution in [0.15, 0.2) is 65.7 Å². The molecule has 1 N–H and O–H groups in total. The van der Waals surface area contributed by atoms with E-state index in [0.717, 1.165) is 53.4 Å². The molecule has 3 aliphatic heterocycles. The van der Waals surface area contributed by atoms with Gasteiger partial charge >= 0.3 is 0 Å². The number of hydrogen-bond donors (Lipinski definition) is 1. The Morgan fingerprint density at radius 1 is 0.875 bits per heavy atom. The van der Waals surface area contributed by atoms with Gasteiger partial charge in [0.2, 0.25) is 0 Å². The molecule has 4 nitrogen and oxygen atoms in total. The van der Waals surface area contributed by atoms with Crippen LogP contribution in [0.3, 0.4) is 0 Å². The minimum Gasteiger partial charge on any atom is -0.490 e. The van der Waals surface area contributed by atoms with Crippen LogP contribution in [0.25, 0.3) is 0 Å². The molecule has 0 radical (unpaired) electrons. The number of aliphatic imine (C=N–C) groups is 1. The Kier molecular flexibility index (Phi) is 7.24. The standard InChI is InChI=1S/C33H35Cl3N2O2/c1-31(2)17-24(18-32(3,4)40-31)39-29-11-9-22(35)15-25(29)30-33(19-38-28-16-23(36)8-10-27(28)33)26(12-13-37-30)20-6-5-7-21(34)14-20/h5-11,14-16,19,24,26,30,37H,12-13,17-18H2,1-4H3/t26-,30-,33-/m0/s1. The second kappa shape index (κ2) is 10.3. The van der Waals surface area contributed by atoms with E-state index >= 15 is 0 Å². The van der Waals surface area contributed by atoms with Gasteiger partial charge in [-0.1, -0.05) is 53.0 Å². The van der Waals surface area contributed by atoms with Crippen molar-refractivity contribution in [2.24, 2.45) is 4.99 Å². The van der Waals surface area contributed by atoms with E-state index in [9.17, 15) is 0 Å². The zero-order valence-corrected chi connectivity index (χ0v) is 25.6. The Hall–Kier alpha value is -2.08. The fraction of sp³-hybridized carbons (Fsp3) is 0.424. The minimum absolute atomic E-state index is 0.00489. The molecular weight excluding hydrogens is 563 g/mol. The summed E-state index contributed by atoms with van der Waals surface area (Å²) in [4.78, 5) is 4.94. The number of nitrogens with zero attached hydrogens (tertiary/aromatic N) is 1. The average molecular weight is 598 g/mol. The minimum atomic E-state index is -0.500. The Morgan fingerprint density at radius 2 is 1.57 bits per heavy atom. The number of benzene rings is 3. The van der Waals surface area contributed by atoms with Crippen molar-refractivity contribution in [2.45, 2.75) is 81.6 Å². The number of ether oxygens (including phenoxy) is 2. The van der Waals surface area contributed by atoms with Gasteiger partial charge in [0.05, 0.1) is 28.3 Å². The maximum atomic E-state index is 6.87. The van der Waals surface area contributed by atoms with Gasteiger partial charge in [-0.15, -0.1) is 0 Å². The summed E-state index contributed by atoms with van der Waals surface area (Å²) in [7, 11) is 0. The highest BCUT2D eigenvalue weighted by Crippen LogP contribution is 2.57. The molecule has 210 valence electrons. The van der Waals surface area contributed by atoms with Gasteiger partial charge in [-0.25, -0.2) is 0 Å². The molecule has 0 aromatic heterocycles. The van der Waals surface area contributed by atoms with Crippen molar-refractivity contribution in [2.75, 3.05) is 6.54 Å². The zero-order valence-electron chi connectivity index (χ0n) is 23.3. The third-order valence-electron chi connectivity index (χ3n) is 8.50. The molecule has 2 saturated heterocycles. The first-order valence-corrected chi connectivity index (χ1v) is 15.1. The van der Waals surface area contributed by atoms with Gasteiger partial charge < -0.3 is 14.8 Å². The summed E-state index contributed by atoms with van der Waals surface area (Å²) in [6, 6.07) is 20.1.